The van der Waals surface area contributed by atoms with Crippen molar-refractivity contribution in [1.29, 1.82) is 0 Å². The summed E-state index contributed by atoms with van der Waals surface area (Å²) in [5.74, 6) is 0. The van der Waals surface area contributed by atoms with Crippen molar-refractivity contribution in [2.75, 3.05) is 5.73 Å². The summed E-state index contributed by atoms with van der Waals surface area (Å²) in [5, 5.41) is 0. The maximum Gasteiger partial charge on any atom is 0.0314 e. The quantitative estimate of drug-likeness (QED) is 0.346. The smallest absolute Gasteiger partial charge is 0.0314 e. The number of anilines is 1. The molecule has 0 radical (unpaired) electrons. The summed E-state index contributed by atoms with van der Waals surface area (Å²) in [6.07, 6.45) is 9.06. The lowest BCUT2D eigenvalue weighted by Crippen LogP contribution is -1.87. The molecule has 1 heteroatoms. The normalized spacial score (nSPS) is 12.5. The van der Waals surface area contributed by atoms with Gasteiger partial charge in [-0.2, -0.15) is 0 Å². The lowest BCUT2D eigenvalue weighted by Gasteiger charge is -2.08. The van der Waals surface area contributed by atoms with Crippen molar-refractivity contribution in [3.05, 3.63) is 133 Å². The standard InChI is InChI=1S/C18H17N.C12H10/c19-18-12-10-17(11-13-18)16-8-6-15(7-9-16)14-4-2-1-3-5-14;1-3-7-11(8-4-1)12-9-5-2-6-10-12/h2,4-13H,1,3,19H2;1-10H. The van der Waals surface area contributed by atoms with E-state index >= 15 is 0 Å². The van der Waals surface area contributed by atoms with Gasteiger partial charge in [-0.25, -0.2) is 0 Å². The van der Waals surface area contributed by atoms with Crippen LogP contribution in [0.3, 0.4) is 0 Å². The molecule has 4 aromatic carbocycles. The summed E-state index contributed by atoms with van der Waals surface area (Å²) in [6.45, 7) is 0. The molecule has 1 aliphatic carbocycles. The van der Waals surface area contributed by atoms with Crippen LogP contribution in [0.1, 0.15) is 18.4 Å². The first-order valence-electron chi connectivity index (χ1n) is 10.7. The van der Waals surface area contributed by atoms with Crippen LogP contribution >= 0.6 is 0 Å². The molecule has 1 aliphatic rings. The van der Waals surface area contributed by atoms with Crippen molar-refractivity contribution in [3.8, 4) is 22.3 Å². The van der Waals surface area contributed by atoms with Gasteiger partial charge in [-0.3, -0.25) is 0 Å². The maximum atomic E-state index is 5.71. The molecule has 0 aromatic heterocycles. The maximum absolute atomic E-state index is 5.71. The molecule has 4 aromatic rings. The van der Waals surface area contributed by atoms with Gasteiger partial charge in [0.1, 0.15) is 0 Å². The number of hydrogen-bond donors (Lipinski definition) is 1. The Labute approximate surface area is 185 Å². The van der Waals surface area contributed by atoms with E-state index in [9.17, 15) is 0 Å². The Balaban J connectivity index is 0.000000166. The molecule has 31 heavy (non-hydrogen) atoms. The topological polar surface area (TPSA) is 26.0 Å². The van der Waals surface area contributed by atoms with Crippen LogP contribution in [0, 0.1) is 0 Å². The largest absolute Gasteiger partial charge is 0.399 e. The molecule has 0 amide bonds. The number of nitrogens with two attached hydrogens (primary N) is 1. The summed E-state index contributed by atoms with van der Waals surface area (Å²) in [4.78, 5) is 0. The van der Waals surface area contributed by atoms with Crippen LogP contribution in [0.4, 0.5) is 5.69 Å². The molecular weight excluding hydrogens is 374 g/mol. The van der Waals surface area contributed by atoms with E-state index in [4.69, 9.17) is 5.73 Å². The summed E-state index contributed by atoms with van der Waals surface area (Å²) < 4.78 is 0. The van der Waals surface area contributed by atoms with Crippen LogP contribution in [0.25, 0.3) is 27.8 Å². The van der Waals surface area contributed by atoms with E-state index in [1.54, 1.807) is 0 Å². The monoisotopic (exact) mass is 401 g/mol. The minimum atomic E-state index is 0.804. The van der Waals surface area contributed by atoms with Crippen molar-refractivity contribution in [2.45, 2.75) is 12.8 Å². The second kappa shape index (κ2) is 10.3. The highest BCUT2D eigenvalue weighted by Crippen LogP contribution is 2.25. The third kappa shape index (κ3) is 5.61. The van der Waals surface area contributed by atoms with Crippen molar-refractivity contribution in [1.82, 2.24) is 0 Å². The SMILES string of the molecule is Nc1ccc(-c2ccc(C3=CCCC=C3)cc2)cc1.c1ccc(-c2ccccc2)cc1. The molecule has 0 aliphatic heterocycles. The lowest BCUT2D eigenvalue weighted by atomic mass is 9.97. The molecule has 0 heterocycles. The van der Waals surface area contributed by atoms with E-state index in [2.05, 4.69) is 103 Å². The lowest BCUT2D eigenvalue weighted by molar-refractivity contribution is 1.04. The zero-order valence-corrected chi connectivity index (χ0v) is 17.6. The molecular formula is C30H27N. The molecule has 1 nitrogen and oxygen atoms in total. The van der Waals surface area contributed by atoms with Crippen molar-refractivity contribution in [2.24, 2.45) is 0 Å². The third-order valence-corrected chi connectivity index (χ3v) is 5.34. The predicted molar refractivity (Wildman–Crippen MR) is 135 cm³/mol. The zero-order valence-electron chi connectivity index (χ0n) is 17.6. The molecule has 0 bridgehead atoms. The second-order valence-corrected chi connectivity index (χ2v) is 7.57. The van der Waals surface area contributed by atoms with Crippen LogP contribution < -0.4 is 5.73 Å². The van der Waals surface area contributed by atoms with E-state index in [1.807, 2.05) is 24.3 Å². The van der Waals surface area contributed by atoms with Gasteiger partial charge in [0.25, 0.3) is 0 Å². The summed E-state index contributed by atoms with van der Waals surface area (Å²) in [5.41, 5.74) is 14.1. The van der Waals surface area contributed by atoms with Crippen molar-refractivity contribution in [3.63, 3.8) is 0 Å². The van der Waals surface area contributed by atoms with Gasteiger partial charge >= 0.3 is 0 Å². The number of nitrogen functional groups attached to an aromatic ring is 1. The molecule has 0 fully saturated rings. The van der Waals surface area contributed by atoms with Gasteiger partial charge in [0.15, 0.2) is 0 Å². The first-order chi connectivity index (χ1) is 15.3. The number of hydrogen-bond acceptors (Lipinski definition) is 1. The minimum Gasteiger partial charge on any atom is -0.399 e. The highest BCUT2D eigenvalue weighted by atomic mass is 14.5. The van der Waals surface area contributed by atoms with Crippen LogP contribution in [-0.4, -0.2) is 0 Å². The van der Waals surface area contributed by atoms with Gasteiger partial charge in [0.05, 0.1) is 0 Å². The van der Waals surface area contributed by atoms with E-state index in [-0.39, 0.29) is 0 Å². The van der Waals surface area contributed by atoms with E-state index in [1.165, 1.54) is 33.4 Å². The van der Waals surface area contributed by atoms with Crippen molar-refractivity contribution < 1.29 is 0 Å². The summed E-state index contributed by atoms with van der Waals surface area (Å²) in [7, 11) is 0. The van der Waals surface area contributed by atoms with E-state index in [0.717, 1.165) is 18.5 Å². The minimum absolute atomic E-state index is 0.804. The fraction of sp³-hybridized carbons (Fsp3) is 0.0667. The number of rotatable bonds is 3. The predicted octanol–water partition coefficient (Wildman–Crippen LogP) is 8.02. The van der Waals surface area contributed by atoms with Crippen molar-refractivity contribution >= 4 is 11.3 Å². The Hall–Kier alpha value is -3.84. The van der Waals surface area contributed by atoms with Gasteiger partial charge < -0.3 is 5.73 Å². The fourth-order valence-corrected chi connectivity index (χ4v) is 3.62. The molecule has 0 atom stereocenters. The summed E-state index contributed by atoms with van der Waals surface area (Å²) in [6, 6.07) is 37.5. The highest BCUT2D eigenvalue weighted by molar-refractivity contribution is 5.77. The molecule has 0 unspecified atom stereocenters. The molecule has 2 N–H and O–H groups in total. The highest BCUT2D eigenvalue weighted by Gasteiger charge is 2.02. The van der Waals surface area contributed by atoms with Gasteiger partial charge in [-0.15, -0.1) is 0 Å². The van der Waals surface area contributed by atoms with Gasteiger partial charge in [-0.1, -0.05) is 115 Å². The van der Waals surface area contributed by atoms with E-state index in [0.29, 0.717) is 0 Å². The van der Waals surface area contributed by atoms with E-state index < -0.39 is 0 Å². The Kier molecular flexibility index (Phi) is 6.77. The molecule has 152 valence electrons. The molecule has 0 saturated heterocycles. The number of allylic oxidation sites excluding steroid dienone is 4. The molecule has 5 rings (SSSR count). The Morgan fingerprint density at radius 1 is 0.452 bits per heavy atom. The Morgan fingerprint density at radius 3 is 1.39 bits per heavy atom. The summed E-state index contributed by atoms with van der Waals surface area (Å²) >= 11 is 0. The van der Waals surface area contributed by atoms with Crippen LogP contribution in [-0.2, 0) is 0 Å². The Bertz CT molecular complexity index is 1100. The molecule has 0 saturated carbocycles. The van der Waals surface area contributed by atoms with Gasteiger partial charge in [0, 0.05) is 5.69 Å². The van der Waals surface area contributed by atoms with Crippen LogP contribution in [0.2, 0.25) is 0 Å². The number of benzene rings is 4. The molecule has 0 spiro atoms. The fourth-order valence-electron chi connectivity index (χ4n) is 3.62. The third-order valence-electron chi connectivity index (χ3n) is 5.34. The average Bonchev–Trinajstić information content (AvgIpc) is 2.87. The zero-order chi connectivity index (χ0) is 21.3. The first kappa shape index (κ1) is 20.4. The van der Waals surface area contributed by atoms with Gasteiger partial charge in [0.2, 0.25) is 0 Å². The first-order valence-corrected chi connectivity index (χ1v) is 10.7. The van der Waals surface area contributed by atoms with Crippen LogP contribution in [0.15, 0.2) is 127 Å². The second-order valence-electron chi connectivity index (χ2n) is 7.57. The van der Waals surface area contributed by atoms with Gasteiger partial charge in [-0.05, 0) is 58.4 Å². The average molecular weight is 402 g/mol. The van der Waals surface area contributed by atoms with Crippen LogP contribution in [0.5, 0.6) is 0 Å². The Morgan fingerprint density at radius 2 is 0.903 bits per heavy atom.